The summed E-state index contributed by atoms with van der Waals surface area (Å²) in [7, 11) is 1.46. The van der Waals surface area contributed by atoms with Gasteiger partial charge in [-0.25, -0.2) is 0 Å². The van der Waals surface area contributed by atoms with Gasteiger partial charge in [-0.05, 0) is 0 Å². The minimum absolute atomic E-state index is 0.159. The first-order valence-electron chi connectivity index (χ1n) is 3.97. The molecule has 14 heavy (non-hydrogen) atoms. The number of guanidine groups is 1. The first kappa shape index (κ1) is 12.7. The average molecular weight is 205 g/mol. The molecular weight excluding hydrogens is 190 g/mol. The summed E-state index contributed by atoms with van der Waals surface area (Å²) in [6.07, 6.45) is -1.07. The van der Waals surface area contributed by atoms with Gasteiger partial charge in [-0.1, -0.05) is 0 Å². The molecule has 1 atom stereocenters. The highest BCUT2D eigenvalue weighted by molar-refractivity contribution is 5.80. The molecule has 0 aliphatic rings. The second kappa shape index (κ2) is 6.17. The fraction of sp³-hybridized carbons (Fsp3) is 0.714. The van der Waals surface area contributed by atoms with Crippen molar-refractivity contribution in [2.45, 2.75) is 6.10 Å². The molecule has 0 aliphatic heterocycles. The molecule has 0 fully saturated rings. The summed E-state index contributed by atoms with van der Waals surface area (Å²) >= 11 is 0. The molecule has 82 valence electrons. The van der Waals surface area contributed by atoms with Crippen LogP contribution in [0.25, 0.3) is 0 Å². The normalized spacial score (nSPS) is 11.9. The van der Waals surface area contributed by atoms with Gasteiger partial charge in [-0.2, -0.15) is 0 Å². The van der Waals surface area contributed by atoms with Crippen LogP contribution in [-0.4, -0.2) is 60.0 Å². The standard InChI is InChI=1S/C7H15N3O4/c1-10(7(8)9)2-6(13)14-4-5(12)3-11/h5,11-12H,2-4H2,1H3,(H3,8,9). The number of carbonyl (C=O) groups is 1. The van der Waals surface area contributed by atoms with Gasteiger partial charge in [0.1, 0.15) is 19.3 Å². The zero-order valence-corrected chi connectivity index (χ0v) is 7.93. The minimum Gasteiger partial charge on any atom is -0.462 e. The molecule has 0 radical (unpaired) electrons. The van der Waals surface area contributed by atoms with Crippen molar-refractivity contribution in [3.63, 3.8) is 0 Å². The Hall–Kier alpha value is -1.34. The SMILES string of the molecule is CN(CC(=O)OCC(O)CO)C(=N)N. The lowest BCUT2D eigenvalue weighted by Crippen LogP contribution is -2.38. The van der Waals surface area contributed by atoms with Crippen molar-refractivity contribution in [2.75, 3.05) is 26.8 Å². The van der Waals surface area contributed by atoms with Crippen LogP contribution >= 0.6 is 0 Å². The van der Waals surface area contributed by atoms with Crippen LogP contribution in [-0.2, 0) is 9.53 Å². The van der Waals surface area contributed by atoms with Gasteiger partial charge < -0.3 is 25.6 Å². The fourth-order valence-electron chi connectivity index (χ4n) is 0.566. The first-order valence-corrected chi connectivity index (χ1v) is 3.97. The van der Waals surface area contributed by atoms with E-state index >= 15 is 0 Å². The number of aliphatic hydroxyl groups excluding tert-OH is 2. The highest BCUT2D eigenvalue weighted by atomic mass is 16.5. The number of nitrogens with one attached hydrogen (secondary N) is 1. The Labute approximate surface area is 81.6 Å². The number of carbonyl (C=O) groups excluding carboxylic acids is 1. The lowest BCUT2D eigenvalue weighted by Gasteiger charge is -2.15. The molecule has 7 heteroatoms. The quantitative estimate of drug-likeness (QED) is 0.228. The van der Waals surface area contributed by atoms with Crippen molar-refractivity contribution < 1.29 is 19.7 Å². The van der Waals surface area contributed by atoms with Gasteiger partial charge in [0.05, 0.1) is 6.61 Å². The van der Waals surface area contributed by atoms with E-state index in [0.29, 0.717) is 0 Å². The highest BCUT2D eigenvalue weighted by Gasteiger charge is 2.10. The van der Waals surface area contributed by atoms with Crippen LogP contribution in [0.4, 0.5) is 0 Å². The molecule has 0 bridgehead atoms. The van der Waals surface area contributed by atoms with E-state index in [1.54, 1.807) is 0 Å². The van der Waals surface area contributed by atoms with E-state index in [4.69, 9.17) is 21.4 Å². The van der Waals surface area contributed by atoms with Crippen LogP contribution in [0, 0.1) is 5.41 Å². The summed E-state index contributed by atoms with van der Waals surface area (Å²) in [6.45, 7) is -0.885. The van der Waals surface area contributed by atoms with Crippen LogP contribution in [0.5, 0.6) is 0 Å². The largest absolute Gasteiger partial charge is 0.462 e. The van der Waals surface area contributed by atoms with Gasteiger partial charge >= 0.3 is 5.97 Å². The summed E-state index contributed by atoms with van der Waals surface area (Å²) in [4.78, 5) is 12.2. The first-order chi connectivity index (χ1) is 6.47. The monoisotopic (exact) mass is 205 g/mol. The molecule has 1 unspecified atom stereocenters. The Morgan fingerprint density at radius 2 is 2.29 bits per heavy atom. The maximum absolute atomic E-state index is 11.0. The molecule has 0 spiro atoms. The van der Waals surface area contributed by atoms with E-state index in [2.05, 4.69) is 4.74 Å². The van der Waals surface area contributed by atoms with Crippen LogP contribution in [0.1, 0.15) is 0 Å². The van der Waals surface area contributed by atoms with Crippen LogP contribution in [0.2, 0.25) is 0 Å². The van der Waals surface area contributed by atoms with Gasteiger partial charge in [0.2, 0.25) is 0 Å². The van der Waals surface area contributed by atoms with Crippen molar-refractivity contribution in [1.82, 2.24) is 4.90 Å². The molecule has 0 saturated heterocycles. The number of hydrogen-bond donors (Lipinski definition) is 4. The second-order valence-corrected chi connectivity index (χ2v) is 2.76. The molecule has 0 aliphatic carbocycles. The number of esters is 1. The van der Waals surface area contributed by atoms with E-state index in [-0.39, 0.29) is 19.1 Å². The van der Waals surface area contributed by atoms with Crippen molar-refractivity contribution in [1.29, 1.82) is 5.41 Å². The lowest BCUT2D eigenvalue weighted by molar-refractivity contribution is -0.147. The van der Waals surface area contributed by atoms with Gasteiger partial charge in [0.15, 0.2) is 5.96 Å². The van der Waals surface area contributed by atoms with Crippen molar-refractivity contribution in [2.24, 2.45) is 5.73 Å². The molecule has 0 aromatic carbocycles. The average Bonchev–Trinajstić information content (AvgIpc) is 2.13. The summed E-state index contributed by atoms with van der Waals surface area (Å²) in [6, 6.07) is 0. The summed E-state index contributed by atoms with van der Waals surface area (Å²) < 4.78 is 4.57. The Morgan fingerprint density at radius 1 is 1.71 bits per heavy atom. The molecule has 7 nitrogen and oxygen atoms in total. The van der Waals surface area contributed by atoms with Crippen molar-refractivity contribution in [3.05, 3.63) is 0 Å². The zero-order chi connectivity index (χ0) is 11.1. The van der Waals surface area contributed by atoms with Crippen LogP contribution in [0.15, 0.2) is 0 Å². The van der Waals surface area contributed by atoms with Crippen LogP contribution in [0.3, 0.4) is 0 Å². The maximum Gasteiger partial charge on any atom is 0.325 e. The van der Waals surface area contributed by atoms with Crippen molar-refractivity contribution in [3.8, 4) is 0 Å². The number of likely N-dealkylation sites (N-methyl/N-ethyl adjacent to an activating group) is 1. The summed E-state index contributed by atoms with van der Waals surface area (Å²) in [5.41, 5.74) is 5.08. The Balaban J connectivity index is 3.71. The number of hydrogen-bond acceptors (Lipinski definition) is 5. The molecule has 0 amide bonds. The lowest BCUT2D eigenvalue weighted by atomic mass is 10.4. The number of nitrogens with zero attached hydrogens (tertiary/aromatic N) is 1. The molecular formula is C7H15N3O4. The number of ether oxygens (including phenoxy) is 1. The minimum atomic E-state index is -1.07. The third kappa shape index (κ3) is 5.33. The molecule has 0 rings (SSSR count). The molecule has 0 heterocycles. The van der Waals surface area contributed by atoms with Crippen LogP contribution < -0.4 is 5.73 Å². The number of rotatable bonds is 5. The van der Waals surface area contributed by atoms with E-state index in [9.17, 15) is 4.79 Å². The Bertz CT molecular complexity index is 209. The zero-order valence-electron chi connectivity index (χ0n) is 7.93. The third-order valence-corrected chi connectivity index (χ3v) is 1.42. The topological polar surface area (TPSA) is 120 Å². The van der Waals surface area contributed by atoms with Crippen molar-refractivity contribution >= 4 is 11.9 Å². The predicted octanol–water partition coefficient (Wildman–Crippen LogP) is -2.29. The van der Waals surface area contributed by atoms with E-state index in [1.807, 2.05) is 0 Å². The molecule has 0 aromatic rings. The summed E-state index contributed by atoms with van der Waals surface area (Å²) in [5.74, 6) is -0.861. The van der Waals surface area contributed by atoms with E-state index in [0.717, 1.165) is 0 Å². The maximum atomic E-state index is 11.0. The van der Waals surface area contributed by atoms with Gasteiger partial charge in [-0.15, -0.1) is 0 Å². The Kier molecular flexibility index (Phi) is 5.58. The molecule has 0 aromatic heterocycles. The van der Waals surface area contributed by atoms with E-state index < -0.39 is 18.7 Å². The van der Waals surface area contributed by atoms with E-state index in [1.165, 1.54) is 11.9 Å². The molecule has 0 saturated carbocycles. The Morgan fingerprint density at radius 3 is 2.71 bits per heavy atom. The number of aliphatic hydroxyl groups is 2. The highest BCUT2D eigenvalue weighted by Crippen LogP contribution is 1.88. The second-order valence-electron chi connectivity index (χ2n) is 2.76. The molecule has 5 N–H and O–H groups in total. The fourth-order valence-corrected chi connectivity index (χ4v) is 0.566. The number of nitrogens with two attached hydrogens (primary N) is 1. The predicted molar refractivity (Wildman–Crippen MR) is 48.6 cm³/mol. The third-order valence-electron chi connectivity index (χ3n) is 1.42. The van der Waals surface area contributed by atoms with Gasteiger partial charge in [0, 0.05) is 7.05 Å². The van der Waals surface area contributed by atoms with Gasteiger partial charge in [-0.3, -0.25) is 10.2 Å². The smallest absolute Gasteiger partial charge is 0.325 e. The summed E-state index contributed by atoms with van der Waals surface area (Å²) in [5, 5.41) is 24.2. The van der Waals surface area contributed by atoms with Gasteiger partial charge in [0.25, 0.3) is 0 Å².